The van der Waals surface area contributed by atoms with Crippen molar-refractivity contribution in [2.75, 3.05) is 23.7 Å². The predicted octanol–water partition coefficient (Wildman–Crippen LogP) is 3.30. The first-order chi connectivity index (χ1) is 8.93. The molecule has 108 valence electrons. The number of nitrogens with one attached hydrogen (secondary N) is 2. The fourth-order valence-corrected chi connectivity index (χ4v) is 2.28. The molecule has 0 saturated carbocycles. The molecule has 0 aliphatic heterocycles. The number of hydrogen-bond acceptors (Lipinski definition) is 5. The van der Waals surface area contributed by atoms with Crippen LogP contribution in [0.3, 0.4) is 0 Å². The maximum Gasteiger partial charge on any atom is 0.228 e. The predicted molar refractivity (Wildman–Crippen MR) is 80.7 cm³/mol. The lowest BCUT2D eigenvalue weighted by atomic mass is 9.85. The second kappa shape index (κ2) is 7.48. The quantitative estimate of drug-likeness (QED) is 0.805. The lowest BCUT2D eigenvalue weighted by Gasteiger charge is -2.25. The average Bonchev–Trinajstić information content (AvgIpc) is 2.27. The van der Waals surface area contributed by atoms with Crippen molar-refractivity contribution in [1.29, 1.82) is 0 Å². The molecule has 0 aliphatic carbocycles. The number of rotatable bonds is 7. The van der Waals surface area contributed by atoms with E-state index in [-0.39, 0.29) is 5.28 Å². The van der Waals surface area contributed by atoms with Crippen LogP contribution in [-0.4, -0.2) is 28.0 Å². The van der Waals surface area contributed by atoms with Gasteiger partial charge in [-0.2, -0.15) is 15.0 Å². The highest BCUT2D eigenvalue weighted by molar-refractivity contribution is 6.28. The molecule has 0 aromatic carbocycles. The van der Waals surface area contributed by atoms with Crippen molar-refractivity contribution < 1.29 is 0 Å². The third-order valence-electron chi connectivity index (χ3n) is 3.15. The van der Waals surface area contributed by atoms with Gasteiger partial charge in [-0.1, -0.05) is 27.7 Å². The van der Waals surface area contributed by atoms with Gasteiger partial charge in [0, 0.05) is 13.1 Å². The summed E-state index contributed by atoms with van der Waals surface area (Å²) in [4.78, 5) is 12.4. The Morgan fingerprint density at radius 1 is 0.947 bits per heavy atom. The van der Waals surface area contributed by atoms with Gasteiger partial charge in [0.05, 0.1) is 0 Å². The monoisotopic (exact) mass is 285 g/mol. The number of halogens is 1. The number of hydrogen-bond donors (Lipinski definition) is 2. The van der Waals surface area contributed by atoms with E-state index in [4.69, 9.17) is 11.6 Å². The molecule has 0 atom stereocenters. The summed E-state index contributed by atoms with van der Waals surface area (Å²) in [6, 6.07) is 0. The maximum atomic E-state index is 5.88. The molecule has 1 aromatic rings. The van der Waals surface area contributed by atoms with Gasteiger partial charge in [-0.3, -0.25) is 0 Å². The van der Waals surface area contributed by atoms with Crippen LogP contribution >= 0.6 is 11.6 Å². The van der Waals surface area contributed by atoms with Gasteiger partial charge in [0.25, 0.3) is 0 Å². The third kappa shape index (κ3) is 5.19. The van der Waals surface area contributed by atoms with Gasteiger partial charge in [0.1, 0.15) is 0 Å². The summed E-state index contributed by atoms with van der Waals surface area (Å²) in [6.45, 7) is 12.5. The standard InChI is InChI=1S/C13H24ClN5/c1-6-15-12-17-11(14)18-13(19-12)16-7-10(8(2)3)9(4)5/h8-10H,6-7H2,1-5H3,(H2,15,16,17,18,19). The maximum absolute atomic E-state index is 5.88. The van der Waals surface area contributed by atoms with Crippen molar-refractivity contribution in [2.24, 2.45) is 17.8 Å². The molecule has 6 heteroatoms. The van der Waals surface area contributed by atoms with Crippen molar-refractivity contribution >= 4 is 23.5 Å². The van der Waals surface area contributed by atoms with Crippen LogP contribution in [-0.2, 0) is 0 Å². The largest absolute Gasteiger partial charge is 0.354 e. The van der Waals surface area contributed by atoms with Gasteiger partial charge in [-0.25, -0.2) is 0 Å². The smallest absolute Gasteiger partial charge is 0.228 e. The zero-order valence-corrected chi connectivity index (χ0v) is 13.1. The molecule has 0 radical (unpaired) electrons. The molecule has 1 rings (SSSR count). The molecule has 5 nitrogen and oxygen atoms in total. The van der Waals surface area contributed by atoms with Crippen LogP contribution in [0.25, 0.3) is 0 Å². The topological polar surface area (TPSA) is 62.7 Å². The highest BCUT2D eigenvalue weighted by atomic mass is 35.5. The Hall–Kier alpha value is -1.10. The Balaban J connectivity index is 2.71. The van der Waals surface area contributed by atoms with E-state index < -0.39 is 0 Å². The Labute approximate surface area is 120 Å². The highest BCUT2D eigenvalue weighted by Crippen LogP contribution is 2.21. The zero-order chi connectivity index (χ0) is 14.4. The van der Waals surface area contributed by atoms with Crippen molar-refractivity contribution in [1.82, 2.24) is 15.0 Å². The second-order valence-corrected chi connectivity index (χ2v) is 5.65. The van der Waals surface area contributed by atoms with Crippen LogP contribution in [0.15, 0.2) is 0 Å². The van der Waals surface area contributed by atoms with E-state index in [0.29, 0.717) is 29.7 Å². The summed E-state index contributed by atoms with van der Waals surface area (Å²) >= 11 is 5.88. The Bertz CT molecular complexity index is 387. The molecule has 1 heterocycles. The summed E-state index contributed by atoms with van der Waals surface area (Å²) < 4.78 is 0. The van der Waals surface area contributed by atoms with Crippen LogP contribution < -0.4 is 10.6 Å². The molecule has 19 heavy (non-hydrogen) atoms. The lowest BCUT2D eigenvalue weighted by molar-refractivity contribution is 0.304. The first-order valence-corrected chi connectivity index (χ1v) is 7.21. The highest BCUT2D eigenvalue weighted by Gasteiger charge is 2.17. The van der Waals surface area contributed by atoms with E-state index >= 15 is 0 Å². The Morgan fingerprint density at radius 3 is 1.95 bits per heavy atom. The lowest BCUT2D eigenvalue weighted by Crippen LogP contribution is -2.25. The van der Waals surface area contributed by atoms with E-state index in [0.717, 1.165) is 13.1 Å². The summed E-state index contributed by atoms with van der Waals surface area (Å²) in [5.74, 6) is 2.83. The molecule has 1 aromatic heterocycles. The van der Waals surface area contributed by atoms with E-state index in [1.165, 1.54) is 0 Å². The zero-order valence-electron chi connectivity index (χ0n) is 12.4. The minimum atomic E-state index is 0.207. The van der Waals surface area contributed by atoms with Gasteiger partial charge in [-0.05, 0) is 36.3 Å². The van der Waals surface area contributed by atoms with Crippen molar-refractivity contribution in [2.45, 2.75) is 34.6 Å². The van der Waals surface area contributed by atoms with E-state index in [1.807, 2.05) is 6.92 Å². The molecule has 2 N–H and O–H groups in total. The van der Waals surface area contributed by atoms with E-state index in [9.17, 15) is 0 Å². The minimum absolute atomic E-state index is 0.207. The fraction of sp³-hybridized carbons (Fsp3) is 0.769. The molecule has 0 spiro atoms. The minimum Gasteiger partial charge on any atom is -0.354 e. The first kappa shape index (κ1) is 16.0. The van der Waals surface area contributed by atoms with Crippen molar-refractivity contribution in [3.63, 3.8) is 0 Å². The molecule has 0 fully saturated rings. The molecule has 0 amide bonds. The Kier molecular flexibility index (Phi) is 6.28. The summed E-state index contributed by atoms with van der Waals surface area (Å²) in [7, 11) is 0. The van der Waals surface area contributed by atoms with Crippen molar-refractivity contribution in [3.05, 3.63) is 5.28 Å². The number of aromatic nitrogens is 3. The van der Waals surface area contributed by atoms with Gasteiger partial charge >= 0.3 is 0 Å². The average molecular weight is 286 g/mol. The van der Waals surface area contributed by atoms with Crippen LogP contribution in [0.2, 0.25) is 5.28 Å². The van der Waals surface area contributed by atoms with Crippen LogP contribution in [0.5, 0.6) is 0 Å². The normalized spacial score (nSPS) is 11.4. The number of nitrogens with zero attached hydrogens (tertiary/aromatic N) is 3. The van der Waals surface area contributed by atoms with Gasteiger partial charge in [0.15, 0.2) is 0 Å². The molecule has 0 aliphatic rings. The van der Waals surface area contributed by atoms with Crippen LogP contribution in [0.1, 0.15) is 34.6 Å². The van der Waals surface area contributed by atoms with Gasteiger partial charge in [-0.15, -0.1) is 0 Å². The second-order valence-electron chi connectivity index (χ2n) is 5.31. The third-order valence-corrected chi connectivity index (χ3v) is 3.32. The van der Waals surface area contributed by atoms with E-state index in [2.05, 4.69) is 53.3 Å². The van der Waals surface area contributed by atoms with Gasteiger partial charge < -0.3 is 10.6 Å². The molecular formula is C13H24ClN5. The van der Waals surface area contributed by atoms with Crippen LogP contribution in [0, 0.1) is 17.8 Å². The number of anilines is 2. The first-order valence-electron chi connectivity index (χ1n) is 6.83. The fourth-order valence-electron chi connectivity index (χ4n) is 2.12. The van der Waals surface area contributed by atoms with E-state index in [1.54, 1.807) is 0 Å². The molecule has 0 bridgehead atoms. The van der Waals surface area contributed by atoms with Crippen LogP contribution in [0.4, 0.5) is 11.9 Å². The van der Waals surface area contributed by atoms with Gasteiger partial charge in [0.2, 0.25) is 17.2 Å². The molecule has 0 unspecified atom stereocenters. The summed E-state index contributed by atoms with van der Waals surface area (Å²) in [5.41, 5.74) is 0. The van der Waals surface area contributed by atoms with Crippen molar-refractivity contribution in [3.8, 4) is 0 Å². The SMILES string of the molecule is CCNc1nc(Cl)nc(NCC(C(C)C)C(C)C)n1. The summed E-state index contributed by atoms with van der Waals surface area (Å²) in [6.07, 6.45) is 0. The summed E-state index contributed by atoms with van der Waals surface area (Å²) in [5, 5.41) is 6.50. The molecular weight excluding hydrogens is 262 g/mol. The molecule has 0 saturated heterocycles. The Morgan fingerprint density at radius 2 is 1.47 bits per heavy atom.